The molecule has 1 heterocycles. The molecule has 1 nitrogen and oxygen atoms in total. The van der Waals surface area contributed by atoms with E-state index in [0.717, 1.165) is 17.1 Å². The summed E-state index contributed by atoms with van der Waals surface area (Å²) in [4.78, 5) is 2.36. The Bertz CT molecular complexity index is 2490. The fourth-order valence-corrected chi connectivity index (χ4v) is 7.91. The van der Waals surface area contributed by atoms with Crippen LogP contribution in [0.3, 0.4) is 0 Å². The summed E-state index contributed by atoms with van der Waals surface area (Å²) in [7, 11) is 0. The summed E-state index contributed by atoms with van der Waals surface area (Å²) in [5.41, 5.74) is 5.89. The number of hydrogen-bond donors (Lipinski definition) is 0. The highest BCUT2D eigenvalue weighted by molar-refractivity contribution is 7.26. The van der Waals surface area contributed by atoms with Crippen LogP contribution in [0.2, 0.25) is 0 Å². The second kappa shape index (κ2) is 10.1. The van der Waals surface area contributed by atoms with Crippen LogP contribution in [0.25, 0.3) is 63.6 Å². The normalized spacial score (nSPS) is 11.6. The number of fused-ring (bicyclic) bond motifs is 8. The Labute approximate surface area is 259 Å². The molecule has 1 aromatic heterocycles. The van der Waals surface area contributed by atoms with Crippen molar-refractivity contribution in [1.29, 1.82) is 0 Å². The molecule has 8 aromatic carbocycles. The minimum absolute atomic E-state index is 1.13. The lowest BCUT2D eigenvalue weighted by atomic mass is 9.93. The van der Waals surface area contributed by atoms with Gasteiger partial charge in [0.25, 0.3) is 0 Å². The minimum atomic E-state index is 1.13. The summed E-state index contributed by atoms with van der Waals surface area (Å²) in [5.74, 6) is 0. The van der Waals surface area contributed by atoms with Gasteiger partial charge in [0.2, 0.25) is 0 Å². The molecule has 0 spiro atoms. The Balaban J connectivity index is 1.19. The highest BCUT2D eigenvalue weighted by Gasteiger charge is 2.16. The van der Waals surface area contributed by atoms with E-state index in [2.05, 4.69) is 169 Å². The molecule has 0 amide bonds. The minimum Gasteiger partial charge on any atom is -0.310 e. The standard InChI is InChI=1S/C42H27NS/c1-2-11-31(12-3-1)43(33-23-24-35-30(26-33)20-25-41-42(35)38-16-8-9-17-40(38)44-41)32-21-18-28(19-22-32)39-27-29-10-4-5-13-34(29)36-14-6-7-15-37(36)39/h1-27H. The first kappa shape index (κ1) is 25.1. The van der Waals surface area contributed by atoms with E-state index in [1.165, 1.54) is 63.6 Å². The summed E-state index contributed by atoms with van der Waals surface area (Å²) in [5, 5.41) is 10.4. The fourth-order valence-electron chi connectivity index (χ4n) is 6.79. The van der Waals surface area contributed by atoms with Gasteiger partial charge in [0.15, 0.2) is 0 Å². The van der Waals surface area contributed by atoms with E-state index in [1.54, 1.807) is 0 Å². The van der Waals surface area contributed by atoms with Gasteiger partial charge in [-0.15, -0.1) is 11.3 Å². The monoisotopic (exact) mass is 577 g/mol. The Morgan fingerprint density at radius 1 is 0.364 bits per heavy atom. The van der Waals surface area contributed by atoms with Crippen molar-refractivity contribution in [2.75, 3.05) is 4.90 Å². The molecule has 44 heavy (non-hydrogen) atoms. The second-order valence-corrected chi connectivity index (χ2v) is 12.4. The number of anilines is 3. The molecule has 0 radical (unpaired) electrons. The van der Waals surface area contributed by atoms with Crippen molar-refractivity contribution in [2.24, 2.45) is 0 Å². The van der Waals surface area contributed by atoms with E-state index in [9.17, 15) is 0 Å². The van der Waals surface area contributed by atoms with E-state index >= 15 is 0 Å². The second-order valence-electron chi connectivity index (χ2n) is 11.4. The van der Waals surface area contributed by atoms with Gasteiger partial charge >= 0.3 is 0 Å². The van der Waals surface area contributed by atoms with Crippen molar-refractivity contribution in [3.63, 3.8) is 0 Å². The maximum atomic E-state index is 2.36. The van der Waals surface area contributed by atoms with E-state index in [0.29, 0.717) is 0 Å². The smallest absolute Gasteiger partial charge is 0.0468 e. The van der Waals surface area contributed by atoms with Crippen LogP contribution in [0.4, 0.5) is 17.1 Å². The first-order valence-electron chi connectivity index (χ1n) is 15.0. The third-order valence-corrected chi connectivity index (χ3v) is 9.95. The highest BCUT2D eigenvalue weighted by atomic mass is 32.1. The fraction of sp³-hybridized carbons (Fsp3) is 0. The largest absolute Gasteiger partial charge is 0.310 e. The molecule has 9 aromatic rings. The van der Waals surface area contributed by atoms with E-state index in [4.69, 9.17) is 0 Å². The third-order valence-electron chi connectivity index (χ3n) is 8.82. The number of nitrogens with zero attached hydrogens (tertiary/aromatic N) is 1. The van der Waals surface area contributed by atoms with Crippen molar-refractivity contribution in [3.8, 4) is 11.1 Å². The lowest BCUT2D eigenvalue weighted by Gasteiger charge is -2.26. The van der Waals surface area contributed by atoms with Crippen LogP contribution in [-0.2, 0) is 0 Å². The van der Waals surface area contributed by atoms with Crippen LogP contribution in [0.15, 0.2) is 164 Å². The van der Waals surface area contributed by atoms with Gasteiger partial charge < -0.3 is 4.90 Å². The van der Waals surface area contributed by atoms with Crippen LogP contribution in [0.1, 0.15) is 0 Å². The highest BCUT2D eigenvalue weighted by Crippen LogP contribution is 2.42. The molecule has 0 aliphatic rings. The van der Waals surface area contributed by atoms with E-state index in [-0.39, 0.29) is 0 Å². The molecule has 0 saturated carbocycles. The molecule has 206 valence electrons. The van der Waals surface area contributed by atoms with Crippen molar-refractivity contribution in [2.45, 2.75) is 0 Å². The molecule has 0 N–H and O–H groups in total. The Hall–Kier alpha value is -5.44. The maximum Gasteiger partial charge on any atom is 0.0468 e. The van der Waals surface area contributed by atoms with Crippen molar-refractivity contribution < 1.29 is 0 Å². The predicted octanol–water partition coefficient (Wildman–Crippen LogP) is 12.7. The SMILES string of the molecule is c1ccc(N(c2ccc(-c3cc4ccccc4c4ccccc34)cc2)c2ccc3c(ccc4sc5ccccc5c43)c2)cc1. The van der Waals surface area contributed by atoms with Crippen LogP contribution >= 0.6 is 11.3 Å². The molecular formula is C42H27NS. The van der Waals surface area contributed by atoms with Crippen molar-refractivity contribution in [3.05, 3.63) is 164 Å². The average molecular weight is 578 g/mol. The van der Waals surface area contributed by atoms with E-state index in [1.807, 2.05) is 11.3 Å². The average Bonchev–Trinajstić information content (AvgIpc) is 3.48. The zero-order valence-corrected chi connectivity index (χ0v) is 24.8. The first-order chi connectivity index (χ1) is 21.8. The molecule has 2 heteroatoms. The maximum absolute atomic E-state index is 2.36. The lowest BCUT2D eigenvalue weighted by Crippen LogP contribution is -2.09. The third kappa shape index (κ3) is 4.00. The van der Waals surface area contributed by atoms with Gasteiger partial charge in [0.05, 0.1) is 0 Å². The topological polar surface area (TPSA) is 3.24 Å². The van der Waals surface area contributed by atoms with Crippen LogP contribution in [0, 0.1) is 0 Å². The van der Waals surface area contributed by atoms with Crippen molar-refractivity contribution >= 4 is 80.9 Å². The van der Waals surface area contributed by atoms with Gasteiger partial charge in [-0.1, -0.05) is 109 Å². The van der Waals surface area contributed by atoms with Gasteiger partial charge in [0, 0.05) is 37.2 Å². The molecule has 0 fully saturated rings. The zero-order valence-electron chi connectivity index (χ0n) is 23.9. The van der Waals surface area contributed by atoms with Gasteiger partial charge in [-0.3, -0.25) is 0 Å². The number of rotatable bonds is 4. The van der Waals surface area contributed by atoms with Gasteiger partial charge in [-0.25, -0.2) is 0 Å². The summed E-state index contributed by atoms with van der Waals surface area (Å²) in [6, 6.07) is 59.7. The van der Waals surface area contributed by atoms with Crippen LogP contribution < -0.4 is 4.90 Å². The van der Waals surface area contributed by atoms with Crippen LogP contribution in [0.5, 0.6) is 0 Å². The predicted molar refractivity (Wildman–Crippen MR) is 192 cm³/mol. The van der Waals surface area contributed by atoms with Crippen LogP contribution in [-0.4, -0.2) is 0 Å². The summed E-state index contributed by atoms with van der Waals surface area (Å²) < 4.78 is 2.67. The molecular weight excluding hydrogens is 551 g/mol. The Morgan fingerprint density at radius 3 is 1.84 bits per heavy atom. The number of para-hydroxylation sites is 1. The molecule has 0 bridgehead atoms. The quantitative estimate of drug-likeness (QED) is 0.188. The lowest BCUT2D eigenvalue weighted by molar-refractivity contribution is 1.29. The first-order valence-corrected chi connectivity index (χ1v) is 15.8. The molecule has 0 aliphatic carbocycles. The summed E-state index contributed by atoms with van der Waals surface area (Å²) >= 11 is 1.87. The summed E-state index contributed by atoms with van der Waals surface area (Å²) in [6.45, 7) is 0. The van der Waals surface area contributed by atoms with Gasteiger partial charge in [0.1, 0.15) is 0 Å². The molecule has 9 rings (SSSR count). The van der Waals surface area contributed by atoms with Gasteiger partial charge in [-0.2, -0.15) is 0 Å². The number of hydrogen-bond acceptors (Lipinski definition) is 2. The molecule has 0 saturated heterocycles. The summed E-state index contributed by atoms with van der Waals surface area (Å²) in [6.07, 6.45) is 0. The molecule has 0 aliphatic heterocycles. The van der Waals surface area contributed by atoms with Gasteiger partial charge in [-0.05, 0) is 98.0 Å². The number of thiophene rings is 1. The molecule has 0 atom stereocenters. The number of benzene rings is 8. The zero-order chi connectivity index (χ0) is 29.0. The Kier molecular flexibility index (Phi) is 5.75. The van der Waals surface area contributed by atoms with Crippen molar-refractivity contribution in [1.82, 2.24) is 0 Å². The molecule has 0 unspecified atom stereocenters. The Morgan fingerprint density at radius 2 is 1.00 bits per heavy atom. The van der Waals surface area contributed by atoms with E-state index < -0.39 is 0 Å².